The van der Waals surface area contributed by atoms with Gasteiger partial charge in [0.2, 0.25) is 5.91 Å². The van der Waals surface area contributed by atoms with Gasteiger partial charge in [-0.15, -0.1) is 0 Å². The number of aliphatic imine (C=N–C) groups is 1. The number of rotatable bonds is 7. The molecule has 0 aliphatic heterocycles. The van der Waals surface area contributed by atoms with Gasteiger partial charge in [0.15, 0.2) is 0 Å². The summed E-state index contributed by atoms with van der Waals surface area (Å²) in [5.74, 6) is 1.02. The second kappa shape index (κ2) is 7.99. The molecule has 1 saturated carbocycles. The summed E-state index contributed by atoms with van der Waals surface area (Å²) in [6.07, 6.45) is 6.14. The zero-order chi connectivity index (χ0) is 19.4. The van der Waals surface area contributed by atoms with Crippen molar-refractivity contribution in [3.8, 4) is 11.1 Å². The SMILES string of the molecule is C=C/C=C(\N=C)C1CC1C(=O)Nc1ccc(-c2ccc(N(C)C)nc2)cc1.[HH]. The molecule has 1 fully saturated rings. The number of carbonyl (C=O) groups excluding carboxylic acids is 1. The number of anilines is 2. The highest BCUT2D eigenvalue weighted by atomic mass is 16.2. The van der Waals surface area contributed by atoms with Crippen molar-refractivity contribution in [2.24, 2.45) is 16.8 Å². The van der Waals surface area contributed by atoms with Crippen LogP contribution in [0.5, 0.6) is 0 Å². The van der Waals surface area contributed by atoms with Crippen LogP contribution in [0.1, 0.15) is 7.85 Å². The van der Waals surface area contributed by atoms with Crippen LogP contribution in [-0.2, 0) is 4.79 Å². The molecule has 0 saturated heterocycles. The molecule has 0 radical (unpaired) electrons. The van der Waals surface area contributed by atoms with Crippen LogP contribution in [0, 0.1) is 11.8 Å². The maximum atomic E-state index is 12.4. The maximum Gasteiger partial charge on any atom is 0.228 e. The van der Waals surface area contributed by atoms with E-state index in [9.17, 15) is 4.79 Å². The van der Waals surface area contributed by atoms with E-state index in [0.717, 1.165) is 34.8 Å². The molecule has 2 aromatic rings. The van der Waals surface area contributed by atoms with Gasteiger partial charge in [0.25, 0.3) is 0 Å². The molecule has 0 bridgehead atoms. The van der Waals surface area contributed by atoms with Crippen LogP contribution in [0.25, 0.3) is 11.1 Å². The highest BCUT2D eigenvalue weighted by Crippen LogP contribution is 2.45. The Morgan fingerprint density at radius 3 is 2.48 bits per heavy atom. The average Bonchev–Trinajstić information content (AvgIpc) is 3.47. The quantitative estimate of drug-likeness (QED) is 0.586. The van der Waals surface area contributed by atoms with E-state index >= 15 is 0 Å². The van der Waals surface area contributed by atoms with Gasteiger partial charge >= 0.3 is 0 Å². The first kappa shape index (κ1) is 18.6. The fourth-order valence-corrected chi connectivity index (χ4v) is 3.03. The molecule has 1 aliphatic rings. The molecule has 5 heteroatoms. The van der Waals surface area contributed by atoms with Crippen molar-refractivity contribution in [2.75, 3.05) is 24.3 Å². The number of amides is 1. The minimum atomic E-state index is -0.0517. The lowest BCUT2D eigenvalue weighted by Crippen LogP contribution is -2.15. The zero-order valence-electron chi connectivity index (χ0n) is 15.7. The second-order valence-electron chi connectivity index (χ2n) is 6.80. The zero-order valence-corrected chi connectivity index (χ0v) is 15.7. The molecule has 3 rings (SSSR count). The van der Waals surface area contributed by atoms with Crippen LogP contribution in [0.2, 0.25) is 0 Å². The normalized spacial score (nSPS) is 18.5. The number of allylic oxidation sites excluding steroid dienone is 3. The summed E-state index contributed by atoms with van der Waals surface area (Å²) in [6.45, 7) is 7.24. The van der Waals surface area contributed by atoms with E-state index in [2.05, 4.69) is 28.6 Å². The largest absolute Gasteiger partial charge is 0.363 e. The summed E-state index contributed by atoms with van der Waals surface area (Å²) >= 11 is 0. The Balaban J connectivity index is 0.00000280. The van der Waals surface area contributed by atoms with Gasteiger partial charge in [0, 0.05) is 50.5 Å². The molecule has 27 heavy (non-hydrogen) atoms. The summed E-state index contributed by atoms with van der Waals surface area (Å²) in [5.41, 5.74) is 3.71. The number of hydrogen-bond acceptors (Lipinski definition) is 4. The third-order valence-corrected chi connectivity index (χ3v) is 4.67. The van der Waals surface area contributed by atoms with Crippen molar-refractivity contribution in [1.82, 2.24) is 4.98 Å². The molecule has 1 aromatic carbocycles. The molecular weight excluding hydrogens is 336 g/mol. The van der Waals surface area contributed by atoms with E-state index in [-0.39, 0.29) is 19.2 Å². The summed E-state index contributed by atoms with van der Waals surface area (Å²) < 4.78 is 0. The number of nitrogens with zero attached hydrogens (tertiary/aromatic N) is 3. The number of aromatic nitrogens is 1. The van der Waals surface area contributed by atoms with E-state index in [0.29, 0.717) is 0 Å². The molecule has 1 aliphatic carbocycles. The molecule has 2 atom stereocenters. The summed E-state index contributed by atoms with van der Waals surface area (Å²) in [5, 5.41) is 2.98. The van der Waals surface area contributed by atoms with Crippen LogP contribution in [0.15, 0.2) is 72.0 Å². The van der Waals surface area contributed by atoms with Gasteiger partial charge in [-0.1, -0.05) is 24.8 Å². The molecular formula is C22H26N4O. The van der Waals surface area contributed by atoms with E-state index in [1.54, 1.807) is 6.08 Å². The van der Waals surface area contributed by atoms with Crippen molar-refractivity contribution < 1.29 is 6.22 Å². The molecule has 1 N–H and O–H groups in total. The smallest absolute Gasteiger partial charge is 0.228 e. The van der Waals surface area contributed by atoms with Gasteiger partial charge in [0.05, 0.1) is 0 Å². The van der Waals surface area contributed by atoms with Crippen LogP contribution < -0.4 is 10.2 Å². The first-order valence-corrected chi connectivity index (χ1v) is 8.87. The Labute approximate surface area is 161 Å². The van der Waals surface area contributed by atoms with Crippen molar-refractivity contribution in [3.63, 3.8) is 0 Å². The lowest BCUT2D eigenvalue weighted by molar-refractivity contribution is -0.117. The van der Waals surface area contributed by atoms with E-state index in [4.69, 9.17) is 0 Å². The van der Waals surface area contributed by atoms with Gasteiger partial charge < -0.3 is 10.2 Å². The van der Waals surface area contributed by atoms with E-state index in [1.807, 2.05) is 67.7 Å². The Kier molecular flexibility index (Phi) is 5.50. The molecule has 1 amide bonds. The van der Waals surface area contributed by atoms with Crippen LogP contribution in [0.4, 0.5) is 11.5 Å². The van der Waals surface area contributed by atoms with Crippen molar-refractivity contribution >= 4 is 24.1 Å². The van der Waals surface area contributed by atoms with Crippen molar-refractivity contribution in [2.45, 2.75) is 6.42 Å². The second-order valence-corrected chi connectivity index (χ2v) is 6.80. The molecule has 5 nitrogen and oxygen atoms in total. The number of hydrogen-bond donors (Lipinski definition) is 1. The standard InChI is InChI=1S/C22H24N4O.H2/c1-5-6-20(23-2)18-13-19(18)22(27)25-17-10-7-15(8-11-17)16-9-12-21(24-14-16)26(3)4;/h5-12,14,18-19H,1-2,13H2,3-4H3,(H,25,27);1H/b20-6-;. The van der Waals surface area contributed by atoms with Gasteiger partial charge in [-0.25, -0.2) is 4.98 Å². The lowest BCUT2D eigenvalue weighted by Gasteiger charge is -2.11. The van der Waals surface area contributed by atoms with Gasteiger partial charge in [-0.2, -0.15) is 0 Å². The number of benzene rings is 1. The maximum absolute atomic E-state index is 12.4. The Morgan fingerprint density at radius 2 is 1.93 bits per heavy atom. The molecule has 2 unspecified atom stereocenters. The minimum Gasteiger partial charge on any atom is -0.363 e. The number of carbonyl (C=O) groups is 1. The van der Waals surface area contributed by atoms with Crippen LogP contribution in [0.3, 0.4) is 0 Å². The van der Waals surface area contributed by atoms with Crippen LogP contribution in [-0.4, -0.2) is 31.7 Å². The highest BCUT2D eigenvalue weighted by Gasteiger charge is 2.45. The van der Waals surface area contributed by atoms with Gasteiger partial charge in [-0.05, 0) is 49.0 Å². The third-order valence-electron chi connectivity index (χ3n) is 4.67. The summed E-state index contributed by atoms with van der Waals surface area (Å²) in [4.78, 5) is 22.8. The van der Waals surface area contributed by atoms with E-state index < -0.39 is 0 Å². The first-order chi connectivity index (χ1) is 13.0. The van der Waals surface area contributed by atoms with E-state index in [1.165, 1.54) is 0 Å². The molecule has 1 aromatic heterocycles. The fraction of sp³-hybridized carbons (Fsp3) is 0.227. The van der Waals surface area contributed by atoms with Crippen molar-refractivity contribution in [3.05, 3.63) is 67.0 Å². The highest BCUT2D eigenvalue weighted by molar-refractivity contribution is 5.95. The fourth-order valence-electron chi connectivity index (χ4n) is 3.03. The lowest BCUT2D eigenvalue weighted by atomic mass is 10.1. The first-order valence-electron chi connectivity index (χ1n) is 8.87. The molecule has 1 heterocycles. The van der Waals surface area contributed by atoms with Crippen molar-refractivity contribution in [1.29, 1.82) is 0 Å². The predicted molar refractivity (Wildman–Crippen MR) is 114 cm³/mol. The Hall–Kier alpha value is -3.21. The molecule has 0 spiro atoms. The Morgan fingerprint density at radius 1 is 1.22 bits per heavy atom. The van der Waals surface area contributed by atoms with Gasteiger partial charge in [0.1, 0.15) is 5.82 Å². The minimum absolute atomic E-state index is 0. The molecule has 140 valence electrons. The monoisotopic (exact) mass is 362 g/mol. The summed E-state index contributed by atoms with van der Waals surface area (Å²) in [6, 6.07) is 11.8. The summed E-state index contributed by atoms with van der Waals surface area (Å²) in [7, 11) is 3.93. The number of pyridine rings is 1. The van der Waals surface area contributed by atoms with Gasteiger partial charge in [-0.3, -0.25) is 9.79 Å². The topological polar surface area (TPSA) is 57.6 Å². The third kappa shape index (κ3) is 4.31. The Bertz CT molecular complexity index is 872. The van der Waals surface area contributed by atoms with Crippen LogP contribution >= 0.6 is 0 Å². The number of nitrogens with one attached hydrogen (secondary N) is 1. The average molecular weight is 362 g/mol. The predicted octanol–water partition coefficient (Wildman–Crippen LogP) is 4.41.